The number of nitrogens with one attached hydrogen (secondary N) is 2. The summed E-state index contributed by atoms with van der Waals surface area (Å²) in [6.07, 6.45) is -1.73. The molecule has 0 aliphatic heterocycles. The summed E-state index contributed by atoms with van der Waals surface area (Å²) in [6.45, 7) is 4.03. The molecule has 0 bridgehead atoms. The maximum atomic E-state index is 13.0. The van der Waals surface area contributed by atoms with E-state index in [0.29, 0.717) is 12.1 Å². The first-order valence-corrected chi connectivity index (χ1v) is 8.10. The van der Waals surface area contributed by atoms with Crippen LogP contribution in [0.4, 0.5) is 18.9 Å². The smallest absolute Gasteiger partial charge is 0.392 e. The number of aryl methyl sites for hydroxylation is 2. The van der Waals surface area contributed by atoms with Gasteiger partial charge in [0.2, 0.25) is 0 Å². The number of hydrogen-bond acceptors (Lipinski definition) is 3. The molecule has 0 aliphatic rings. The Bertz CT molecular complexity index is 826. The Morgan fingerprint density at radius 1 is 1.15 bits per heavy atom. The third-order valence-electron chi connectivity index (χ3n) is 3.99. The lowest BCUT2D eigenvalue weighted by molar-refractivity contribution is -0.137. The highest BCUT2D eigenvalue weighted by Gasteiger charge is 2.31. The number of hydrogen-bond donors (Lipinski definition) is 3. The summed E-state index contributed by atoms with van der Waals surface area (Å²) in [6, 6.07) is 9.14. The first kappa shape index (κ1) is 19.7. The molecule has 0 saturated heterocycles. The molecule has 0 saturated carbocycles. The van der Waals surface area contributed by atoms with Crippen LogP contribution in [0.1, 0.15) is 27.8 Å². The molecule has 0 amide bonds. The second-order valence-corrected chi connectivity index (χ2v) is 6.04. The monoisotopic (exact) mass is 362 g/mol. The minimum atomic E-state index is -4.46. The highest BCUT2D eigenvalue weighted by atomic mass is 19.4. The predicted molar refractivity (Wildman–Crippen MR) is 97.7 cm³/mol. The minimum absolute atomic E-state index is 0.0240. The van der Waals surface area contributed by atoms with Gasteiger partial charge in [-0.3, -0.25) is 0 Å². The van der Waals surface area contributed by atoms with Crippen molar-refractivity contribution in [2.75, 3.05) is 11.9 Å². The maximum absolute atomic E-state index is 13.0. The molecule has 0 aliphatic carbocycles. The van der Waals surface area contributed by atoms with Crippen molar-refractivity contribution in [1.82, 2.24) is 0 Å². The summed E-state index contributed by atoms with van der Waals surface area (Å²) in [7, 11) is 0. The standard InChI is InChI=1S/C20H21F3N2O/c1-13-5-6-15(14(2)10-13)12-25-19-11-16(20(21,22)23)7-8-17(19)18(24)4-3-9-26/h3-8,10-11,24-26H,9,12H2,1-2H3/b4-3+,24-18?. The molecule has 0 atom stereocenters. The molecule has 138 valence electrons. The summed E-state index contributed by atoms with van der Waals surface area (Å²) in [4.78, 5) is 0. The van der Waals surface area contributed by atoms with Gasteiger partial charge in [0.25, 0.3) is 0 Å². The first-order chi connectivity index (χ1) is 12.2. The first-order valence-electron chi connectivity index (χ1n) is 8.10. The molecule has 2 aromatic carbocycles. The molecule has 26 heavy (non-hydrogen) atoms. The highest BCUT2D eigenvalue weighted by Crippen LogP contribution is 2.32. The number of benzene rings is 2. The molecule has 2 rings (SSSR count). The number of allylic oxidation sites excluding steroid dienone is 1. The second-order valence-electron chi connectivity index (χ2n) is 6.04. The normalized spacial score (nSPS) is 11.8. The van der Waals surface area contributed by atoms with Crippen molar-refractivity contribution in [2.24, 2.45) is 0 Å². The van der Waals surface area contributed by atoms with Gasteiger partial charge in [-0.1, -0.05) is 35.9 Å². The van der Waals surface area contributed by atoms with Gasteiger partial charge in [0.1, 0.15) is 0 Å². The van der Waals surface area contributed by atoms with Crippen LogP contribution in [-0.2, 0) is 12.7 Å². The van der Waals surface area contributed by atoms with Gasteiger partial charge in [0, 0.05) is 17.8 Å². The van der Waals surface area contributed by atoms with Crippen molar-refractivity contribution in [1.29, 1.82) is 5.41 Å². The fourth-order valence-electron chi connectivity index (χ4n) is 2.60. The van der Waals surface area contributed by atoms with Crippen LogP contribution in [0, 0.1) is 19.3 Å². The zero-order valence-corrected chi connectivity index (χ0v) is 14.6. The number of aliphatic hydroxyl groups excluding tert-OH is 1. The Morgan fingerprint density at radius 3 is 2.50 bits per heavy atom. The van der Waals surface area contributed by atoms with Gasteiger partial charge in [-0.25, -0.2) is 0 Å². The zero-order chi connectivity index (χ0) is 19.3. The van der Waals surface area contributed by atoms with Crippen LogP contribution in [0.15, 0.2) is 48.6 Å². The lowest BCUT2D eigenvalue weighted by atomic mass is 10.0. The molecule has 6 heteroatoms. The molecule has 0 aromatic heterocycles. The lowest BCUT2D eigenvalue weighted by Gasteiger charge is -2.16. The van der Waals surface area contributed by atoms with Crippen LogP contribution < -0.4 is 5.32 Å². The van der Waals surface area contributed by atoms with E-state index in [0.717, 1.165) is 28.8 Å². The van der Waals surface area contributed by atoms with Gasteiger partial charge in [0.15, 0.2) is 0 Å². The fourth-order valence-corrected chi connectivity index (χ4v) is 2.60. The van der Waals surface area contributed by atoms with E-state index in [4.69, 9.17) is 10.5 Å². The van der Waals surface area contributed by atoms with E-state index in [1.54, 1.807) is 0 Å². The average molecular weight is 362 g/mol. The molecule has 0 fully saturated rings. The average Bonchev–Trinajstić information content (AvgIpc) is 2.58. The molecule has 0 heterocycles. The Hall–Kier alpha value is -2.60. The topological polar surface area (TPSA) is 56.1 Å². The predicted octanol–water partition coefficient (Wildman–Crippen LogP) is 4.85. The molecular formula is C20H21F3N2O. The fraction of sp³-hybridized carbons (Fsp3) is 0.250. The Morgan fingerprint density at radius 2 is 1.88 bits per heavy atom. The second kappa shape index (κ2) is 8.19. The van der Waals surface area contributed by atoms with E-state index in [9.17, 15) is 13.2 Å². The van der Waals surface area contributed by atoms with Gasteiger partial charge in [0.05, 0.1) is 17.9 Å². The number of anilines is 1. The summed E-state index contributed by atoms with van der Waals surface area (Å²) in [5.74, 6) is 0. The van der Waals surface area contributed by atoms with Gasteiger partial charge < -0.3 is 15.8 Å². The zero-order valence-electron chi connectivity index (χ0n) is 14.6. The molecule has 0 radical (unpaired) electrons. The van der Waals surface area contributed by atoms with Crippen LogP contribution in [0.2, 0.25) is 0 Å². The van der Waals surface area contributed by atoms with Crippen molar-refractivity contribution >= 4 is 11.4 Å². The molecule has 3 nitrogen and oxygen atoms in total. The van der Waals surface area contributed by atoms with Crippen LogP contribution in [0.3, 0.4) is 0 Å². The van der Waals surface area contributed by atoms with Crippen LogP contribution in [0.25, 0.3) is 0 Å². The molecule has 3 N–H and O–H groups in total. The molecular weight excluding hydrogens is 341 g/mol. The van der Waals surface area contributed by atoms with Crippen molar-refractivity contribution in [3.8, 4) is 0 Å². The summed E-state index contributed by atoms with van der Waals surface area (Å²) < 4.78 is 39.1. The van der Waals surface area contributed by atoms with Gasteiger partial charge in [-0.15, -0.1) is 0 Å². The largest absolute Gasteiger partial charge is 0.416 e. The summed E-state index contributed by atoms with van der Waals surface area (Å²) >= 11 is 0. The lowest BCUT2D eigenvalue weighted by Crippen LogP contribution is -2.11. The van der Waals surface area contributed by atoms with E-state index in [1.807, 2.05) is 32.0 Å². The minimum Gasteiger partial charge on any atom is -0.392 e. The number of aliphatic hydroxyl groups is 1. The van der Waals surface area contributed by atoms with Crippen LogP contribution >= 0.6 is 0 Å². The molecule has 0 unspecified atom stereocenters. The van der Waals surface area contributed by atoms with E-state index in [1.165, 1.54) is 18.2 Å². The maximum Gasteiger partial charge on any atom is 0.416 e. The quantitative estimate of drug-likeness (QED) is 0.644. The van der Waals surface area contributed by atoms with E-state index >= 15 is 0 Å². The van der Waals surface area contributed by atoms with Crippen LogP contribution in [-0.4, -0.2) is 17.4 Å². The van der Waals surface area contributed by atoms with Crippen molar-refractivity contribution < 1.29 is 18.3 Å². The Balaban J connectivity index is 2.35. The summed E-state index contributed by atoms with van der Waals surface area (Å²) in [5, 5.41) is 19.9. The Labute approximate surface area is 150 Å². The van der Waals surface area contributed by atoms with E-state index < -0.39 is 11.7 Å². The van der Waals surface area contributed by atoms with Crippen molar-refractivity contribution in [2.45, 2.75) is 26.6 Å². The number of rotatable bonds is 6. The highest BCUT2D eigenvalue weighted by molar-refractivity contribution is 6.10. The molecule has 0 spiro atoms. The summed E-state index contributed by atoms with van der Waals surface area (Å²) in [5.41, 5.74) is 2.94. The number of alkyl halides is 3. The molecule has 2 aromatic rings. The van der Waals surface area contributed by atoms with Crippen molar-refractivity contribution in [3.63, 3.8) is 0 Å². The number of halogens is 3. The van der Waals surface area contributed by atoms with Gasteiger partial charge in [-0.05, 0) is 43.2 Å². The Kier molecular flexibility index (Phi) is 6.21. The third kappa shape index (κ3) is 4.95. The SMILES string of the molecule is Cc1ccc(CNc2cc(C(F)(F)F)ccc2C(=N)/C=C/CO)c(C)c1. The van der Waals surface area contributed by atoms with Crippen LogP contribution in [0.5, 0.6) is 0 Å². The van der Waals surface area contributed by atoms with Crippen molar-refractivity contribution in [3.05, 3.63) is 76.4 Å². The third-order valence-corrected chi connectivity index (χ3v) is 3.99. The van der Waals surface area contributed by atoms with E-state index in [2.05, 4.69) is 5.32 Å². The van der Waals surface area contributed by atoms with E-state index in [-0.39, 0.29) is 18.0 Å². The van der Waals surface area contributed by atoms with Gasteiger partial charge >= 0.3 is 6.18 Å². The van der Waals surface area contributed by atoms with Gasteiger partial charge in [-0.2, -0.15) is 13.2 Å².